The number of likely N-dealkylation sites (N-methyl/N-ethyl adjacent to an activating group) is 1. The molecule has 1 heterocycles. The van der Waals surface area contributed by atoms with E-state index in [1.54, 1.807) is 18.2 Å². The number of rotatable bonds is 6. The third-order valence-corrected chi connectivity index (χ3v) is 5.84. The highest BCUT2D eigenvalue weighted by molar-refractivity contribution is 9.10. The monoisotopic (exact) mass is 481 g/mol. The molecule has 0 atom stereocenters. The van der Waals surface area contributed by atoms with E-state index in [1.165, 1.54) is 7.05 Å². The molecule has 1 saturated heterocycles. The topological polar surface area (TPSA) is 55.8 Å². The van der Waals surface area contributed by atoms with E-state index in [-0.39, 0.29) is 11.1 Å². The van der Waals surface area contributed by atoms with Gasteiger partial charge in [-0.3, -0.25) is 14.5 Å². The van der Waals surface area contributed by atoms with Crippen LogP contribution in [0.4, 0.5) is 4.79 Å². The van der Waals surface area contributed by atoms with Crippen LogP contribution in [-0.2, 0) is 11.4 Å². The molecule has 0 saturated carbocycles. The Labute approximate surface area is 180 Å². The summed E-state index contributed by atoms with van der Waals surface area (Å²) >= 11 is 10.3. The van der Waals surface area contributed by atoms with Crippen LogP contribution < -0.4 is 9.47 Å². The van der Waals surface area contributed by atoms with Crippen molar-refractivity contribution in [1.29, 1.82) is 0 Å². The lowest BCUT2D eigenvalue weighted by Crippen LogP contribution is -2.22. The number of imide groups is 1. The Morgan fingerprint density at radius 3 is 2.43 bits per heavy atom. The van der Waals surface area contributed by atoms with E-state index < -0.39 is 0 Å². The molecule has 0 bridgehead atoms. The van der Waals surface area contributed by atoms with Crippen LogP contribution in [0, 0.1) is 0 Å². The van der Waals surface area contributed by atoms with Gasteiger partial charge in [0, 0.05) is 16.5 Å². The third kappa shape index (κ3) is 4.71. The van der Waals surface area contributed by atoms with Gasteiger partial charge < -0.3 is 9.47 Å². The van der Waals surface area contributed by atoms with Crippen LogP contribution in [0.25, 0.3) is 6.08 Å². The molecule has 0 aromatic heterocycles. The number of benzene rings is 2. The van der Waals surface area contributed by atoms with E-state index in [0.29, 0.717) is 34.6 Å². The first-order chi connectivity index (χ1) is 13.4. The first-order valence-corrected chi connectivity index (χ1v) is 10.4. The Kier molecular flexibility index (Phi) is 6.69. The Hall–Kier alpha value is -1.96. The average molecular weight is 483 g/mol. The molecule has 2 aromatic rings. The van der Waals surface area contributed by atoms with Gasteiger partial charge in [0.1, 0.15) is 6.61 Å². The summed E-state index contributed by atoms with van der Waals surface area (Å²) in [6, 6.07) is 11.0. The Morgan fingerprint density at radius 2 is 1.82 bits per heavy atom. The van der Waals surface area contributed by atoms with Crippen molar-refractivity contribution < 1.29 is 19.1 Å². The van der Waals surface area contributed by atoms with Crippen molar-refractivity contribution in [2.24, 2.45) is 0 Å². The number of hydrogen-bond donors (Lipinski definition) is 0. The summed E-state index contributed by atoms with van der Waals surface area (Å²) in [6.07, 6.45) is 1.67. The zero-order valence-corrected chi connectivity index (χ0v) is 18.4. The van der Waals surface area contributed by atoms with E-state index >= 15 is 0 Å². The summed E-state index contributed by atoms with van der Waals surface area (Å²) in [6.45, 7) is 2.70. The maximum absolute atomic E-state index is 12.1. The highest BCUT2D eigenvalue weighted by atomic mass is 79.9. The highest BCUT2D eigenvalue weighted by Crippen LogP contribution is 2.38. The van der Waals surface area contributed by atoms with E-state index in [9.17, 15) is 9.59 Å². The molecule has 0 unspecified atom stereocenters. The predicted octanol–water partition coefficient (Wildman–Crippen LogP) is 5.75. The number of thioether (sulfide) groups is 1. The molecule has 1 aliphatic rings. The summed E-state index contributed by atoms with van der Waals surface area (Å²) in [5, 5.41) is 0.377. The quantitative estimate of drug-likeness (QED) is 0.491. The number of nitrogens with zero attached hydrogens (tertiary/aromatic N) is 1. The molecular formula is C20H17BrClNO4S. The Morgan fingerprint density at radius 1 is 1.14 bits per heavy atom. The first-order valence-electron chi connectivity index (χ1n) is 8.44. The lowest BCUT2D eigenvalue weighted by atomic mass is 10.1. The average Bonchev–Trinajstić information content (AvgIpc) is 2.91. The van der Waals surface area contributed by atoms with Gasteiger partial charge in [0.2, 0.25) is 0 Å². The molecule has 5 nitrogen and oxygen atoms in total. The van der Waals surface area contributed by atoms with E-state index in [1.807, 2.05) is 31.2 Å². The van der Waals surface area contributed by atoms with Crippen molar-refractivity contribution in [2.75, 3.05) is 13.7 Å². The van der Waals surface area contributed by atoms with E-state index in [4.69, 9.17) is 21.1 Å². The lowest BCUT2D eigenvalue weighted by molar-refractivity contribution is -0.121. The summed E-state index contributed by atoms with van der Waals surface area (Å²) in [4.78, 5) is 25.3. The van der Waals surface area contributed by atoms with Gasteiger partial charge in [0.15, 0.2) is 11.5 Å². The number of ether oxygens (including phenoxy) is 2. The third-order valence-electron chi connectivity index (χ3n) is 3.94. The van der Waals surface area contributed by atoms with Crippen molar-refractivity contribution in [3.8, 4) is 11.5 Å². The minimum Gasteiger partial charge on any atom is -0.490 e. The molecule has 0 radical (unpaired) electrons. The SMILES string of the molecule is CCOc1cc(/C=C2\SC(=O)N(C)C2=O)c(Br)cc1OCc1ccc(Cl)cc1. The van der Waals surface area contributed by atoms with Gasteiger partial charge in [-0.25, -0.2) is 0 Å². The van der Waals surface area contributed by atoms with E-state index in [0.717, 1.165) is 32.3 Å². The van der Waals surface area contributed by atoms with Crippen molar-refractivity contribution in [3.05, 3.63) is 61.9 Å². The largest absolute Gasteiger partial charge is 0.490 e. The maximum Gasteiger partial charge on any atom is 0.293 e. The molecule has 2 aromatic carbocycles. The zero-order valence-electron chi connectivity index (χ0n) is 15.2. The number of carbonyl (C=O) groups excluding carboxylic acids is 2. The van der Waals surface area contributed by atoms with Crippen molar-refractivity contribution >= 4 is 56.5 Å². The summed E-state index contributed by atoms with van der Waals surface area (Å²) < 4.78 is 12.4. The van der Waals surface area contributed by atoms with Crippen LogP contribution in [0.3, 0.4) is 0 Å². The molecule has 28 heavy (non-hydrogen) atoms. The molecule has 8 heteroatoms. The van der Waals surface area contributed by atoms with Gasteiger partial charge in [-0.05, 0) is 60.2 Å². The van der Waals surface area contributed by atoms with Crippen LogP contribution >= 0.6 is 39.3 Å². The maximum atomic E-state index is 12.1. The minimum atomic E-state index is -0.317. The summed E-state index contributed by atoms with van der Waals surface area (Å²) in [7, 11) is 1.47. The van der Waals surface area contributed by atoms with Gasteiger partial charge in [-0.2, -0.15) is 0 Å². The molecule has 1 fully saturated rings. The van der Waals surface area contributed by atoms with Gasteiger partial charge in [-0.1, -0.05) is 39.7 Å². The highest BCUT2D eigenvalue weighted by Gasteiger charge is 2.32. The van der Waals surface area contributed by atoms with Crippen LogP contribution in [-0.4, -0.2) is 29.7 Å². The van der Waals surface area contributed by atoms with Crippen molar-refractivity contribution in [3.63, 3.8) is 0 Å². The molecule has 0 N–H and O–H groups in total. The second-order valence-electron chi connectivity index (χ2n) is 5.91. The molecule has 1 aliphatic heterocycles. The minimum absolute atomic E-state index is 0.291. The molecule has 3 rings (SSSR count). The van der Waals surface area contributed by atoms with Crippen LogP contribution in [0.2, 0.25) is 5.02 Å². The van der Waals surface area contributed by atoms with Gasteiger partial charge in [0.25, 0.3) is 11.1 Å². The predicted molar refractivity (Wildman–Crippen MR) is 115 cm³/mol. The standard InChI is InChI=1S/C20H17BrClNO4S/c1-3-26-16-8-13(9-18-19(24)23(2)20(25)28-18)15(21)10-17(16)27-11-12-4-6-14(22)7-5-12/h4-10H,3,11H2,1-2H3/b18-9-. The van der Waals surface area contributed by atoms with Crippen LogP contribution in [0.5, 0.6) is 11.5 Å². The van der Waals surface area contributed by atoms with Crippen LogP contribution in [0.15, 0.2) is 45.8 Å². The van der Waals surface area contributed by atoms with Gasteiger partial charge >= 0.3 is 0 Å². The van der Waals surface area contributed by atoms with E-state index in [2.05, 4.69) is 15.9 Å². The fraction of sp³-hybridized carbons (Fsp3) is 0.200. The second kappa shape index (κ2) is 9.03. The summed E-state index contributed by atoms with van der Waals surface area (Å²) in [5.41, 5.74) is 1.70. The smallest absolute Gasteiger partial charge is 0.293 e. The molecule has 0 spiro atoms. The van der Waals surface area contributed by atoms with Crippen molar-refractivity contribution in [2.45, 2.75) is 13.5 Å². The number of halogens is 2. The van der Waals surface area contributed by atoms with Crippen LogP contribution in [0.1, 0.15) is 18.1 Å². The fourth-order valence-corrected chi connectivity index (χ4v) is 3.85. The number of carbonyl (C=O) groups is 2. The zero-order chi connectivity index (χ0) is 20.3. The lowest BCUT2D eigenvalue weighted by Gasteiger charge is -2.14. The Balaban J connectivity index is 1.86. The van der Waals surface area contributed by atoms with Crippen molar-refractivity contribution in [1.82, 2.24) is 4.90 Å². The van der Waals surface area contributed by atoms with Gasteiger partial charge in [0.05, 0.1) is 11.5 Å². The molecule has 2 amide bonds. The summed E-state index contributed by atoms with van der Waals surface area (Å²) in [5.74, 6) is 0.814. The normalized spacial score (nSPS) is 15.4. The number of amides is 2. The number of hydrogen-bond acceptors (Lipinski definition) is 5. The fourth-order valence-electron chi connectivity index (χ4n) is 2.47. The molecular weight excluding hydrogens is 466 g/mol. The Bertz CT molecular complexity index is 946. The molecule has 146 valence electrons. The second-order valence-corrected chi connectivity index (χ2v) is 8.19. The van der Waals surface area contributed by atoms with Gasteiger partial charge in [-0.15, -0.1) is 0 Å². The first kappa shape index (κ1) is 20.8. The molecule has 0 aliphatic carbocycles.